The zero-order valence-electron chi connectivity index (χ0n) is 10.7. The molecule has 5 nitrogen and oxygen atoms in total. The van der Waals surface area contributed by atoms with Crippen LogP contribution in [0.2, 0.25) is 0 Å². The molecule has 2 aromatic rings. The fraction of sp³-hybridized carbons (Fsp3) is 0.357. The van der Waals surface area contributed by atoms with Gasteiger partial charge in [0.15, 0.2) is 0 Å². The van der Waals surface area contributed by atoms with E-state index >= 15 is 0 Å². The van der Waals surface area contributed by atoms with Crippen molar-refractivity contribution in [2.24, 2.45) is 0 Å². The van der Waals surface area contributed by atoms with Crippen molar-refractivity contribution >= 4 is 5.69 Å². The van der Waals surface area contributed by atoms with E-state index in [2.05, 4.69) is 34.3 Å². The number of β-amino-alcohol motifs (C(OH)–C–C–N with tert-alkyl or cyclic N) is 1. The van der Waals surface area contributed by atoms with Crippen LogP contribution in [0.1, 0.15) is 11.1 Å². The van der Waals surface area contributed by atoms with Gasteiger partial charge in [-0.05, 0) is 11.1 Å². The second kappa shape index (κ2) is 5.03. The van der Waals surface area contributed by atoms with Crippen molar-refractivity contribution in [3.8, 4) is 0 Å². The van der Waals surface area contributed by atoms with E-state index in [1.165, 1.54) is 11.1 Å². The Morgan fingerprint density at radius 2 is 1.89 bits per heavy atom. The van der Waals surface area contributed by atoms with E-state index < -0.39 is 6.10 Å². The normalized spacial score (nSPS) is 16.5. The molecule has 0 aliphatic carbocycles. The Morgan fingerprint density at radius 3 is 2.47 bits per heavy atom. The summed E-state index contributed by atoms with van der Waals surface area (Å²) in [5, 5.41) is 14.2. The molecule has 1 atom stereocenters. The fourth-order valence-electron chi connectivity index (χ4n) is 2.58. The van der Waals surface area contributed by atoms with Crippen LogP contribution in [-0.4, -0.2) is 32.4 Å². The minimum atomic E-state index is -0.436. The van der Waals surface area contributed by atoms with Gasteiger partial charge in [-0.3, -0.25) is 9.58 Å². The topological polar surface area (TPSA) is 67.3 Å². The van der Waals surface area contributed by atoms with E-state index in [1.54, 1.807) is 17.1 Å². The lowest BCUT2D eigenvalue weighted by molar-refractivity contribution is 0.0940. The largest absolute Gasteiger partial charge is 0.396 e. The maximum absolute atomic E-state index is 10.1. The number of hydrogen-bond acceptors (Lipinski definition) is 4. The lowest BCUT2D eigenvalue weighted by Gasteiger charge is -2.19. The number of fused-ring (bicyclic) bond motifs is 1. The molecule has 100 valence electrons. The highest BCUT2D eigenvalue weighted by molar-refractivity contribution is 5.31. The van der Waals surface area contributed by atoms with Crippen molar-refractivity contribution in [2.75, 3.05) is 12.3 Å². The Balaban J connectivity index is 1.55. The highest BCUT2D eigenvalue weighted by Crippen LogP contribution is 2.22. The first-order valence-corrected chi connectivity index (χ1v) is 6.46. The average Bonchev–Trinajstić information content (AvgIpc) is 2.94. The number of aliphatic hydroxyl groups excluding tert-OH is 1. The molecule has 3 N–H and O–H groups in total. The summed E-state index contributed by atoms with van der Waals surface area (Å²) in [6.45, 7) is 2.95. The Morgan fingerprint density at radius 1 is 1.21 bits per heavy atom. The molecule has 0 saturated carbocycles. The first kappa shape index (κ1) is 12.2. The highest BCUT2D eigenvalue weighted by atomic mass is 16.3. The third-order valence-corrected chi connectivity index (χ3v) is 3.43. The second-order valence-electron chi connectivity index (χ2n) is 5.09. The van der Waals surface area contributed by atoms with Crippen LogP contribution in [0.5, 0.6) is 0 Å². The van der Waals surface area contributed by atoms with Gasteiger partial charge in [-0.25, -0.2) is 0 Å². The van der Waals surface area contributed by atoms with E-state index in [-0.39, 0.29) is 0 Å². The van der Waals surface area contributed by atoms with Gasteiger partial charge in [0.2, 0.25) is 0 Å². The smallest absolute Gasteiger partial charge is 0.0862 e. The van der Waals surface area contributed by atoms with Crippen LogP contribution >= 0.6 is 0 Å². The van der Waals surface area contributed by atoms with E-state index in [1.807, 2.05) is 0 Å². The third kappa shape index (κ3) is 2.77. The quantitative estimate of drug-likeness (QED) is 0.853. The molecule has 1 aliphatic heterocycles. The summed E-state index contributed by atoms with van der Waals surface area (Å²) < 4.78 is 1.68. The molecule has 0 fully saturated rings. The second-order valence-corrected chi connectivity index (χ2v) is 5.09. The fourth-order valence-corrected chi connectivity index (χ4v) is 2.58. The van der Waals surface area contributed by atoms with Crippen molar-refractivity contribution in [3.05, 3.63) is 47.8 Å². The van der Waals surface area contributed by atoms with Crippen LogP contribution < -0.4 is 5.73 Å². The number of aromatic nitrogens is 2. The van der Waals surface area contributed by atoms with Crippen molar-refractivity contribution in [2.45, 2.75) is 25.7 Å². The predicted molar refractivity (Wildman–Crippen MR) is 73.2 cm³/mol. The van der Waals surface area contributed by atoms with Gasteiger partial charge in [0.1, 0.15) is 0 Å². The SMILES string of the molecule is Nc1cnn(CC(O)CN2Cc3ccccc3C2)c1. The summed E-state index contributed by atoms with van der Waals surface area (Å²) >= 11 is 0. The first-order valence-electron chi connectivity index (χ1n) is 6.46. The Bertz CT molecular complexity index is 541. The average molecular weight is 258 g/mol. The molecule has 0 spiro atoms. The van der Waals surface area contributed by atoms with Crippen LogP contribution in [0.3, 0.4) is 0 Å². The zero-order valence-corrected chi connectivity index (χ0v) is 10.7. The van der Waals surface area contributed by atoms with Crippen LogP contribution in [0.15, 0.2) is 36.7 Å². The minimum Gasteiger partial charge on any atom is -0.396 e. The monoisotopic (exact) mass is 258 g/mol. The van der Waals surface area contributed by atoms with Gasteiger partial charge in [0.25, 0.3) is 0 Å². The van der Waals surface area contributed by atoms with Crippen molar-refractivity contribution in [1.29, 1.82) is 0 Å². The van der Waals surface area contributed by atoms with E-state index in [0.717, 1.165) is 13.1 Å². The molecule has 5 heteroatoms. The summed E-state index contributed by atoms with van der Waals surface area (Å²) in [5.74, 6) is 0. The highest BCUT2D eigenvalue weighted by Gasteiger charge is 2.20. The number of benzene rings is 1. The lowest BCUT2D eigenvalue weighted by atomic mass is 10.1. The van der Waals surface area contributed by atoms with Gasteiger partial charge in [-0.1, -0.05) is 24.3 Å². The summed E-state index contributed by atoms with van der Waals surface area (Å²) in [6, 6.07) is 8.42. The molecule has 2 heterocycles. The Labute approximate surface area is 112 Å². The molecule has 1 unspecified atom stereocenters. The molecule has 0 bridgehead atoms. The predicted octanol–water partition coefficient (Wildman–Crippen LogP) is 0.842. The number of hydrogen-bond donors (Lipinski definition) is 2. The molecule has 1 aromatic heterocycles. The molecular formula is C14H18N4O. The van der Waals surface area contributed by atoms with E-state index in [9.17, 15) is 5.11 Å². The molecule has 3 rings (SSSR count). The molecule has 0 saturated heterocycles. The molecule has 0 amide bonds. The van der Waals surface area contributed by atoms with Gasteiger partial charge in [0.05, 0.1) is 24.5 Å². The maximum Gasteiger partial charge on any atom is 0.0862 e. The Kier molecular flexibility index (Phi) is 3.23. The van der Waals surface area contributed by atoms with E-state index in [0.29, 0.717) is 18.8 Å². The van der Waals surface area contributed by atoms with Crippen molar-refractivity contribution < 1.29 is 5.11 Å². The van der Waals surface area contributed by atoms with Gasteiger partial charge in [0, 0.05) is 25.8 Å². The summed E-state index contributed by atoms with van der Waals surface area (Å²) in [7, 11) is 0. The van der Waals surface area contributed by atoms with Crippen molar-refractivity contribution in [3.63, 3.8) is 0 Å². The maximum atomic E-state index is 10.1. The van der Waals surface area contributed by atoms with Gasteiger partial charge >= 0.3 is 0 Å². The third-order valence-electron chi connectivity index (χ3n) is 3.43. The molecule has 1 aliphatic rings. The van der Waals surface area contributed by atoms with Gasteiger partial charge < -0.3 is 10.8 Å². The number of aliphatic hydroxyl groups is 1. The standard InChI is InChI=1S/C14H18N4O/c15-13-5-16-18(8-13)10-14(19)9-17-6-11-3-1-2-4-12(11)7-17/h1-5,8,14,19H,6-7,9-10,15H2. The molecule has 19 heavy (non-hydrogen) atoms. The first-order chi connectivity index (χ1) is 9.20. The summed E-state index contributed by atoms with van der Waals surface area (Å²) in [5.41, 5.74) is 8.94. The number of nitrogen functional groups attached to an aromatic ring is 1. The van der Waals surface area contributed by atoms with E-state index in [4.69, 9.17) is 5.73 Å². The number of rotatable bonds is 4. The minimum absolute atomic E-state index is 0.436. The number of anilines is 1. The van der Waals surface area contributed by atoms with Gasteiger partial charge in [-0.15, -0.1) is 0 Å². The Hall–Kier alpha value is -1.85. The molecule has 1 aromatic carbocycles. The summed E-state index contributed by atoms with van der Waals surface area (Å²) in [6.07, 6.45) is 2.90. The summed E-state index contributed by atoms with van der Waals surface area (Å²) in [4.78, 5) is 2.25. The van der Waals surface area contributed by atoms with Gasteiger partial charge in [-0.2, -0.15) is 5.10 Å². The number of nitrogens with zero attached hydrogens (tertiary/aromatic N) is 3. The lowest BCUT2D eigenvalue weighted by Crippen LogP contribution is -2.31. The zero-order chi connectivity index (χ0) is 13.2. The van der Waals surface area contributed by atoms with Crippen LogP contribution in [0, 0.1) is 0 Å². The van der Waals surface area contributed by atoms with Crippen LogP contribution in [-0.2, 0) is 19.6 Å². The molecule has 0 radical (unpaired) electrons. The molecular weight excluding hydrogens is 240 g/mol. The van der Waals surface area contributed by atoms with Crippen molar-refractivity contribution in [1.82, 2.24) is 14.7 Å². The van der Waals surface area contributed by atoms with Crippen LogP contribution in [0.25, 0.3) is 0 Å². The van der Waals surface area contributed by atoms with Crippen LogP contribution in [0.4, 0.5) is 5.69 Å². The number of nitrogens with two attached hydrogens (primary N) is 1.